The zero-order chi connectivity index (χ0) is 15.0. The number of hydrogen-bond acceptors (Lipinski definition) is 4. The Morgan fingerprint density at radius 3 is 2.95 bits per heavy atom. The predicted molar refractivity (Wildman–Crippen MR) is 82.0 cm³/mol. The van der Waals surface area contributed by atoms with Crippen LogP contribution in [0.15, 0.2) is 10.9 Å². The van der Waals surface area contributed by atoms with Crippen molar-refractivity contribution < 1.29 is 0 Å². The number of hydrogen-bond donors (Lipinski definition) is 1. The molecule has 0 saturated carbocycles. The van der Waals surface area contributed by atoms with Crippen LogP contribution in [-0.2, 0) is 26.4 Å². The van der Waals surface area contributed by atoms with Crippen molar-refractivity contribution in [2.24, 2.45) is 7.05 Å². The highest BCUT2D eigenvalue weighted by atomic mass is 35.5. The summed E-state index contributed by atoms with van der Waals surface area (Å²) in [6, 6.07) is 1.62. The van der Waals surface area contributed by atoms with Crippen LogP contribution in [-0.4, -0.2) is 26.1 Å². The molecule has 3 heterocycles. The molecule has 0 aromatic carbocycles. The van der Waals surface area contributed by atoms with Crippen LogP contribution in [0, 0.1) is 0 Å². The van der Waals surface area contributed by atoms with Crippen molar-refractivity contribution in [2.45, 2.75) is 32.7 Å². The van der Waals surface area contributed by atoms with Gasteiger partial charge in [0.05, 0.1) is 34.3 Å². The lowest BCUT2D eigenvalue weighted by Crippen LogP contribution is -2.28. The smallest absolute Gasteiger partial charge is 0.269 e. The Balaban J connectivity index is 1.99. The van der Waals surface area contributed by atoms with Gasteiger partial charge < -0.3 is 5.32 Å². The van der Waals surface area contributed by atoms with Crippen LogP contribution in [0.3, 0.4) is 0 Å². The van der Waals surface area contributed by atoms with Crippen molar-refractivity contribution in [2.75, 3.05) is 11.9 Å². The third-order valence-electron chi connectivity index (χ3n) is 3.78. The molecule has 0 unspecified atom stereocenters. The average Bonchev–Trinajstić information content (AvgIpc) is 2.75. The second-order valence-electron chi connectivity index (χ2n) is 5.22. The third-order valence-corrected chi connectivity index (χ3v) is 4.22. The van der Waals surface area contributed by atoms with Gasteiger partial charge in [-0.05, 0) is 19.3 Å². The summed E-state index contributed by atoms with van der Waals surface area (Å²) in [7, 11) is 1.84. The van der Waals surface area contributed by atoms with Crippen LogP contribution in [0.25, 0.3) is 0 Å². The van der Waals surface area contributed by atoms with Crippen molar-refractivity contribution in [3.63, 3.8) is 0 Å². The summed E-state index contributed by atoms with van der Waals surface area (Å²) >= 11 is 6.34. The minimum atomic E-state index is -0.126. The standard InChI is InChI=1S/C14H18ClN5O/c1-3-9-14(15)12(19(2)17-9)8-20-13(21)7-11-10(18-20)5-4-6-16-11/h7,16H,3-6,8H2,1-2H3. The second-order valence-corrected chi connectivity index (χ2v) is 5.59. The maximum Gasteiger partial charge on any atom is 0.269 e. The Labute approximate surface area is 127 Å². The van der Waals surface area contributed by atoms with Crippen LogP contribution < -0.4 is 10.9 Å². The van der Waals surface area contributed by atoms with Crippen LogP contribution in [0.1, 0.15) is 30.4 Å². The van der Waals surface area contributed by atoms with Crippen LogP contribution in [0.2, 0.25) is 5.02 Å². The number of nitrogens with zero attached hydrogens (tertiary/aromatic N) is 4. The van der Waals surface area contributed by atoms with E-state index in [1.807, 2.05) is 14.0 Å². The Kier molecular flexibility index (Phi) is 3.71. The fourth-order valence-corrected chi connectivity index (χ4v) is 2.95. The number of anilines is 1. The SMILES string of the molecule is CCc1nn(C)c(Cn2nc3c(cc2=O)NCCC3)c1Cl. The zero-order valence-electron chi connectivity index (χ0n) is 12.2. The predicted octanol–water partition coefficient (Wildman–Crippen LogP) is 1.60. The first-order valence-electron chi connectivity index (χ1n) is 7.15. The van der Waals surface area contributed by atoms with E-state index in [0.29, 0.717) is 11.6 Å². The molecule has 2 aromatic rings. The summed E-state index contributed by atoms with van der Waals surface area (Å²) in [5.74, 6) is 0. The van der Waals surface area contributed by atoms with Gasteiger partial charge in [0.1, 0.15) is 0 Å². The molecule has 3 rings (SSSR count). The summed E-state index contributed by atoms with van der Waals surface area (Å²) in [5, 5.41) is 12.7. The molecule has 6 nitrogen and oxygen atoms in total. The van der Waals surface area contributed by atoms with Crippen molar-refractivity contribution in [1.82, 2.24) is 19.6 Å². The van der Waals surface area contributed by atoms with Gasteiger partial charge in [-0.3, -0.25) is 9.48 Å². The van der Waals surface area contributed by atoms with E-state index in [1.54, 1.807) is 10.7 Å². The Morgan fingerprint density at radius 1 is 1.43 bits per heavy atom. The molecule has 0 amide bonds. The molecular weight excluding hydrogens is 290 g/mol. The molecule has 0 spiro atoms. The van der Waals surface area contributed by atoms with E-state index in [1.165, 1.54) is 4.68 Å². The van der Waals surface area contributed by atoms with E-state index in [4.69, 9.17) is 11.6 Å². The second kappa shape index (κ2) is 5.52. The molecule has 0 aliphatic carbocycles. The molecule has 0 fully saturated rings. The minimum Gasteiger partial charge on any atom is -0.383 e. The van der Waals surface area contributed by atoms with Crippen LogP contribution >= 0.6 is 11.6 Å². The number of aromatic nitrogens is 4. The van der Waals surface area contributed by atoms with E-state index in [0.717, 1.165) is 48.6 Å². The summed E-state index contributed by atoms with van der Waals surface area (Å²) < 4.78 is 3.20. The van der Waals surface area contributed by atoms with Gasteiger partial charge in [0.2, 0.25) is 0 Å². The fourth-order valence-electron chi connectivity index (χ4n) is 2.59. The Hall–Kier alpha value is -1.82. The lowest BCUT2D eigenvalue weighted by molar-refractivity contribution is 0.573. The van der Waals surface area contributed by atoms with Gasteiger partial charge >= 0.3 is 0 Å². The van der Waals surface area contributed by atoms with Gasteiger partial charge in [0.15, 0.2) is 0 Å². The quantitative estimate of drug-likeness (QED) is 0.935. The Morgan fingerprint density at radius 2 is 2.24 bits per heavy atom. The number of halogens is 1. The highest BCUT2D eigenvalue weighted by Crippen LogP contribution is 2.22. The minimum absolute atomic E-state index is 0.126. The van der Waals surface area contributed by atoms with Crippen molar-refractivity contribution in [3.05, 3.63) is 38.5 Å². The molecule has 1 aliphatic rings. The van der Waals surface area contributed by atoms with Gasteiger partial charge in [0.25, 0.3) is 5.56 Å². The van der Waals surface area contributed by atoms with E-state index < -0.39 is 0 Å². The normalized spacial score (nSPS) is 13.9. The van der Waals surface area contributed by atoms with E-state index >= 15 is 0 Å². The summed E-state index contributed by atoms with van der Waals surface area (Å²) in [6.07, 6.45) is 2.69. The highest BCUT2D eigenvalue weighted by Gasteiger charge is 2.17. The van der Waals surface area contributed by atoms with E-state index in [-0.39, 0.29) is 5.56 Å². The Bertz CT molecular complexity index is 734. The summed E-state index contributed by atoms with van der Waals surface area (Å²) in [4.78, 5) is 12.2. The van der Waals surface area contributed by atoms with Crippen molar-refractivity contribution >= 4 is 17.3 Å². The summed E-state index contributed by atoms with van der Waals surface area (Å²) in [5.41, 5.74) is 3.33. The van der Waals surface area contributed by atoms with Gasteiger partial charge in [-0.15, -0.1) is 0 Å². The highest BCUT2D eigenvalue weighted by molar-refractivity contribution is 6.31. The molecule has 0 atom stereocenters. The largest absolute Gasteiger partial charge is 0.383 e. The monoisotopic (exact) mass is 307 g/mol. The first kappa shape index (κ1) is 14.1. The van der Waals surface area contributed by atoms with Gasteiger partial charge in [0, 0.05) is 19.7 Å². The van der Waals surface area contributed by atoms with Gasteiger partial charge in [-0.25, -0.2) is 4.68 Å². The molecule has 0 saturated heterocycles. The molecule has 0 radical (unpaired) electrons. The number of rotatable bonds is 3. The lowest BCUT2D eigenvalue weighted by atomic mass is 10.1. The summed E-state index contributed by atoms with van der Waals surface area (Å²) in [6.45, 7) is 3.24. The number of fused-ring (bicyclic) bond motifs is 1. The van der Waals surface area contributed by atoms with Crippen molar-refractivity contribution in [3.8, 4) is 0 Å². The zero-order valence-corrected chi connectivity index (χ0v) is 12.9. The van der Waals surface area contributed by atoms with E-state index in [9.17, 15) is 4.79 Å². The van der Waals surface area contributed by atoms with E-state index in [2.05, 4.69) is 15.5 Å². The molecule has 1 aliphatic heterocycles. The molecular formula is C14H18ClN5O. The molecule has 0 bridgehead atoms. The lowest BCUT2D eigenvalue weighted by Gasteiger charge is -2.17. The van der Waals surface area contributed by atoms with Crippen molar-refractivity contribution in [1.29, 1.82) is 0 Å². The first-order valence-corrected chi connectivity index (χ1v) is 7.53. The molecule has 1 N–H and O–H groups in total. The molecule has 112 valence electrons. The average molecular weight is 308 g/mol. The van der Waals surface area contributed by atoms with Gasteiger partial charge in [-0.1, -0.05) is 18.5 Å². The molecule has 21 heavy (non-hydrogen) atoms. The molecule has 2 aromatic heterocycles. The first-order chi connectivity index (χ1) is 10.1. The fraction of sp³-hybridized carbons (Fsp3) is 0.500. The number of aryl methyl sites for hydroxylation is 3. The van der Waals surface area contributed by atoms with Crippen LogP contribution in [0.5, 0.6) is 0 Å². The maximum atomic E-state index is 12.2. The van der Waals surface area contributed by atoms with Gasteiger partial charge in [-0.2, -0.15) is 10.2 Å². The topological polar surface area (TPSA) is 64.7 Å². The maximum absolute atomic E-state index is 12.2. The molecule has 7 heteroatoms. The number of nitrogens with one attached hydrogen (secondary N) is 1. The third kappa shape index (κ3) is 2.55. The van der Waals surface area contributed by atoms with Crippen LogP contribution in [0.4, 0.5) is 5.69 Å².